The second-order valence-corrected chi connectivity index (χ2v) is 5.18. The summed E-state index contributed by atoms with van der Waals surface area (Å²) in [7, 11) is 1.94. The summed E-state index contributed by atoms with van der Waals surface area (Å²) in [5, 5.41) is 0. The maximum atomic E-state index is 4.26. The first-order chi connectivity index (χ1) is 6.15. The van der Waals surface area contributed by atoms with Crippen LogP contribution in [0.5, 0.6) is 0 Å². The van der Waals surface area contributed by atoms with Gasteiger partial charge in [-0.05, 0) is 29.9 Å². The van der Waals surface area contributed by atoms with Crippen molar-refractivity contribution in [3.63, 3.8) is 0 Å². The minimum atomic E-state index is 0.0631. The van der Waals surface area contributed by atoms with E-state index in [0.717, 1.165) is 0 Å². The Balaban J connectivity index is 2.94. The fourth-order valence-electron chi connectivity index (χ4n) is 1.16. The van der Waals surface area contributed by atoms with Crippen LogP contribution in [0.25, 0.3) is 0 Å². The maximum absolute atomic E-state index is 4.26. The summed E-state index contributed by atoms with van der Waals surface area (Å²) in [6.07, 6.45) is 2.14. The molecule has 2 heteroatoms. The van der Waals surface area contributed by atoms with E-state index < -0.39 is 0 Å². The summed E-state index contributed by atoms with van der Waals surface area (Å²) < 4.78 is 4.26. The first-order valence-corrected chi connectivity index (χ1v) is 6.10. The zero-order valence-corrected chi connectivity index (χ0v) is 9.56. The van der Waals surface area contributed by atoms with Crippen molar-refractivity contribution >= 4 is 10.7 Å². The molecule has 1 nitrogen and oxygen atoms in total. The normalized spacial score (nSPS) is 13.6. The Bertz CT molecular complexity index is 298. The second kappa shape index (κ2) is 4.56. The standard InChI is InChI=1S/C11H17NS/c1-9(2)10-5-7-11(8-6-10)13(4)12-3/h5-9H,1-4H3. The molecule has 0 N–H and O–H groups in total. The molecule has 0 aromatic heterocycles. The Morgan fingerprint density at radius 3 is 2.08 bits per heavy atom. The zero-order valence-electron chi connectivity index (χ0n) is 8.74. The molecule has 1 aromatic carbocycles. The number of benzene rings is 1. The second-order valence-electron chi connectivity index (χ2n) is 3.38. The molecule has 72 valence electrons. The Morgan fingerprint density at radius 2 is 1.69 bits per heavy atom. The Labute approximate surface area is 83.3 Å². The molecule has 0 saturated carbocycles. The van der Waals surface area contributed by atoms with E-state index >= 15 is 0 Å². The molecule has 0 aliphatic rings. The molecule has 0 aliphatic carbocycles. The van der Waals surface area contributed by atoms with Gasteiger partial charge in [-0.3, -0.25) is 4.36 Å². The topological polar surface area (TPSA) is 12.4 Å². The quantitative estimate of drug-likeness (QED) is 0.687. The van der Waals surface area contributed by atoms with Crippen LogP contribution in [0.3, 0.4) is 0 Å². The van der Waals surface area contributed by atoms with E-state index in [1.807, 2.05) is 7.05 Å². The highest BCUT2D eigenvalue weighted by Gasteiger charge is 1.99. The fraction of sp³-hybridized carbons (Fsp3) is 0.455. The molecule has 1 unspecified atom stereocenters. The summed E-state index contributed by atoms with van der Waals surface area (Å²) in [6, 6.07) is 8.78. The Kier molecular flexibility index (Phi) is 3.67. The van der Waals surface area contributed by atoms with Crippen molar-refractivity contribution in [3.8, 4) is 0 Å². The van der Waals surface area contributed by atoms with Crippen LogP contribution < -0.4 is 0 Å². The van der Waals surface area contributed by atoms with Gasteiger partial charge >= 0.3 is 0 Å². The first kappa shape index (κ1) is 10.5. The van der Waals surface area contributed by atoms with Crippen LogP contribution in [0.2, 0.25) is 0 Å². The van der Waals surface area contributed by atoms with E-state index in [0.29, 0.717) is 5.92 Å². The van der Waals surface area contributed by atoms with Crippen LogP contribution in [0.15, 0.2) is 33.5 Å². The summed E-state index contributed by atoms with van der Waals surface area (Å²) in [5.74, 6) is 0.617. The molecule has 0 bridgehead atoms. The van der Waals surface area contributed by atoms with Gasteiger partial charge in [-0.2, -0.15) is 0 Å². The Hall–Kier alpha value is -0.630. The molecule has 0 fully saturated rings. The SMILES string of the molecule is CN=S(C)c1ccc(C(C)C)cc1. The smallest absolute Gasteiger partial charge is 0.0350 e. The molecule has 1 rings (SSSR count). The molecule has 1 aromatic rings. The van der Waals surface area contributed by atoms with Gasteiger partial charge in [0.15, 0.2) is 0 Å². The monoisotopic (exact) mass is 195 g/mol. The Morgan fingerprint density at radius 1 is 1.15 bits per heavy atom. The van der Waals surface area contributed by atoms with Gasteiger partial charge in [0.05, 0.1) is 0 Å². The van der Waals surface area contributed by atoms with Crippen molar-refractivity contribution < 1.29 is 0 Å². The minimum absolute atomic E-state index is 0.0631. The van der Waals surface area contributed by atoms with E-state index in [-0.39, 0.29) is 10.7 Å². The predicted octanol–water partition coefficient (Wildman–Crippen LogP) is 3.23. The molecule has 0 heterocycles. The van der Waals surface area contributed by atoms with E-state index in [1.54, 1.807) is 0 Å². The van der Waals surface area contributed by atoms with Crippen molar-refractivity contribution in [1.82, 2.24) is 0 Å². The lowest BCUT2D eigenvalue weighted by Crippen LogP contribution is -1.90. The van der Waals surface area contributed by atoms with Crippen LogP contribution in [-0.2, 0) is 10.7 Å². The van der Waals surface area contributed by atoms with Crippen LogP contribution in [0.1, 0.15) is 25.3 Å². The van der Waals surface area contributed by atoms with Crippen molar-refractivity contribution in [2.75, 3.05) is 13.3 Å². The van der Waals surface area contributed by atoms with Crippen molar-refractivity contribution in [1.29, 1.82) is 0 Å². The molecular weight excluding hydrogens is 178 g/mol. The number of hydrogen-bond acceptors (Lipinski definition) is 1. The lowest BCUT2D eigenvalue weighted by atomic mass is 10.0. The third-order valence-electron chi connectivity index (χ3n) is 2.16. The molecule has 1 atom stereocenters. The third-order valence-corrected chi connectivity index (χ3v) is 3.66. The average Bonchev–Trinajstić information content (AvgIpc) is 2.17. The molecular formula is C11H17NS. The van der Waals surface area contributed by atoms with Gasteiger partial charge in [0.25, 0.3) is 0 Å². The number of hydrogen-bond donors (Lipinski definition) is 0. The first-order valence-electron chi connectivity index (χ1n) is 4.51. The number of nitrogens with zero attached hydrogens (tertiary/aromatic N) is 1. The lowest BCUT2D eigenvalue weighted by molar-refractivity contribution is 0.865. The van der Waals surface area contributed by atoms with E-state index in [2.05, 4.69) is 48.7 Å². The molecule has 0 radical (unpaired) electrons. The number of rotatable bonds is 2. The van der Waals surface area contributed by atoms with Crippen LogP contribution in [-0.4, -0.2) is 13.3 Å². The van der Waals surface area contributed by atoms with Crippen LogP contribution >= 0.6 is 0 Å². The molecule has 0 amide bonds. The summed E-state index contributed by atoms with van der Waals surface area (Å²) in [5.41, 5.74) is 1.40. The predicted molar refractivity (Wildman–Crippen MR) is 60.4 cm³/mol. The largest absolute Gasteiger partial charge is 0.264 e. The van der Waals surface area contributed by atoms with Gasteiger partial charge in [0.2, 0.25) is 0 Å². The van der Waals surface area contributed by atoms with E-state index in [4.69, 9.17) is 0 Å². The van der Waals surface area contributed by atoms with Crippen LogP contribution in [0, 0.1) is 0 Å². The highest BCUT2D eigenvalue weighted by atomic mass is 32.2. The maximum Gasteiger partial charge on any atom is 0.0350 e. The van der Waals surface area contributed by atoms with Crippen LogP contribution in [0.4, 0.5) is 0 Å². The highest BCUT2D eigenvalue weighted by molar-refractivity contribution is 7.86. The molecule has 0 spiro atoms. The molecule has 0 saturated heterocycles. The van der Waals surface area contributed by atoms with E-state index in [9.17, 15) is 0 Å². The van der Waals surface area contributed by atoms with Gasteiger partial charge in [-0.1, -0.05) is 36.7 Å². The van der Waals surface area contributed by atoms with Gasteiger partial charge < -0.3 is 0 Å². The van der Waals surface area contributed by atoms with E-state index in [1.165, 1.54) is 10.5 Å². The van der Waals surface area contributed by atoms with Gasteiger partial charge in [0.1, 0.15) is 0 Å². The van der Waals surface area contributed by atoms with Crippen molar-refractivity contribution in [2.24, 2.45) is 4.36 Å². The average molecular weight is 195 g/mol. The zero-order chi connectivity index (χ0) is 9.84. The summed E-state index contributed by atoms with van der Waals surface area (Å²) >= 11 is 0. The molecule has 13 heavy (non-hydrogen) atoms. The summed E-state index contributed by atoms with van der Waals surface area (Å²) in [6.45, 7) is 4.43. The lowest BCUT2D eigenvalue weighted by Gasteiger charge is -2.06. The molecule has 0 aliphatic heterocycles. The van der Waals surface area contributed by atoms with Gasteiger partial charge in [-0.15, -0.1) is 0 Å². The summed E-state index contributed by atoms with van der Waals surface area (Å²) in [4.78, 5) is 1.33. The van der Waals surface area contributed by atoms with Gasteiger partial charge in [0, 0.05) is 11.9 Å². The highest BCUT2D eigenvalue weighted by Crippen LogP contribution is 2.16. The fourth-order valence-corrected chi connectivity index (χ4v) is 1.90. The van der Waals surface area contributed by atoms with Crippen molar-refractivity contribution in [2.45, 2.75) is 24.7 Å². The minimum Gasteiger partial charge on any atom is -0.264 e. The third kappa shape index (κ3) is 2.66. The van der Waals surface area contributed by atoms with Gasteiger partial charge in [-0.25, -0.2) is 0 Å². The van der Waals surface area contributed by atoms with Crippen molar-refractivity contribution in [3.05, 3.63) is 29.8 Å².